The molecule has 5 atom stereocenters. The first-order valence-corrected chi connectivity index (χ1v) is 39.7. The van der Waals surface area contributed by atoms with Gasteiger partial charge in [-0.2, -0.15) is 13.2 Å². The topological polar surface area (TPSA) is 231 Å². The van der Waals surface area contributed by atoms with Gasteiger partial charge in [-0.25, -0.2) is 26.5 Å². The molecule has 0 saturated carbocycles. The lowest BCUT2D eigenvalue weighted by Crippen LogP contribution is -2.57. The van der Waals surface area contributed by atoms with E-state index in [-0.39, 0.29) is 42.3 Å². The number of carbonyl (C=O) groups is 4. The second-order valence-corrected chi connectivity index (χ2v) is 34.7. The molecule has 6 aromatic rings. The van der Waals surface area contributed by atoms with Crippen LogP contribution >= 0.6 is 34.7 Å². The van der Waals surface area contributed by atoms with E-state index in [4.69, 9.17) is 11.6 Å². The standard InChI is InChI=1S/C75H95ClF3N9O9S4/c1-50(52-20-22-54(23-21-52)68-51(2)80-49-99-68)81-71(92)65-43-60(89)47-88(65)72(93)69(73(3,4)5)83-67(90)19-15-10-9-11-16-37-85(8)38-35-58(48-98-61-17-13-12-14-18-61)82-64-33-32-62(44-66(64)100(94,95)75(77,78)79)101(96,97)84-70(91)55-26-30-59(31-27-55)87-41-39-86(40-42-87)46-56-45-74(6,7)36-34-63(56)53-24-28-57(76)29-25-53/h12-14,17-18,20-33,44,49-50,58,60,65,69,82,89H,9-11,15-16,19,34-43,45-48H2,1-8H3,(H,81,92)(H,83,90)(H,84,91)/t50-,58+,60+,65-,69+/m0/s1. The van der Waals surface area contributed by atoms with E-state index in [1.807, 2.05) is 113 Å². The molecule has 2 aliphatic heterocycles. The summed E-state index contributed by atoms with van der Waals surface area (Å²) in [4.78, 5) is 67.3. The lowest BCUT2D eigenvalue weighted by Gasteiger charge is -2.39. The van der Waals surface area contributed by atoms with Crippen LogP contribution < -0.4 is 25.6 Å². The summed E-state index contributed by atoms with van der Waals surface area (Å²) < 4.78 is 100. The number of aryl methyl sites for hydroxylation is 1. The number of nitrogens with one attached hydrogen (secondary N) is 4. The average Bonchev–Trinajstić information content (AvgIpc) is 1.36. The Morgan fingerprint density at radius 3 is 2.15 bits per heavy atom. The fourth-order valence-electron chi connectivity index (χ4n) is 13.3. The molecule has 26 heteroatoms. The summed E-state index contributed by atoms with van der Waals surface area (Å²) in [5, 5.41) is 20.5. The molecule has 2 saturated heterocycles. The number of aliphatic hydroxyl groups is 1. The van der Waals surface area contributed by atoms with Crippen LogP contribution in [-0.4, -0.2) is 160 Å². The number of sulfonamides is 1. The maximum atomic E-state index is 14.6. The van der Waals surface area contributed by atoms with Gasteiger partial charge in [0.25, 0.3) is 25.8 Å². The molecule has 5 aromatic carbocycles. The van der Waals surface area contributed by atoms with Gasteiger partial charge in [0, 0.05) is 85.1 Å². The normalized spacial score (nSPS) is 17.9. The number of benzene rings is 5. The molecule has 0 spiro atoms. The van der Waals surface area contributed by atoms with Gasteiger partial charge in [0.2, 0.25) is 17.7 Å². The molecule has 0 unspecified atom stereocenters. The number of amides is 4. The maximum Gasteiger partial charge on any atom is 0.501 e. The molecule has 3 aliphatic rings. The van der Waals surface area contributed by atoms with Crippen LogP contribution in [0.5, 0.6) is 0 Å². The van der Waals surface area contributed by atoms with E-state index in [0.717, 1.165) is 109 Å². The lowest BCUT2D eigenvalue weighted by atomic mass is 9.73. The van der Waals surface area contributed by atoms with Gasteiger partial charge in [0.15, 0.2) is 0 Å². The number of thiazole rings is 1. The van der Waals surface area contributed by atoms with Crippen molar-refractivity contribution in [3.8, 4) is 10.4 Å². The van der Waals surface area contributed by atoms with Crippen molar-refractivity contribution in [3.05, 3.63) is 160 Å². The Morgan fingerprint density at radius 2 is 1.50 bits per heavy atom. The fourth-order valence-corrected chi connectivity index (χ4v) is 17.2. The molecule has 2 fully saturated rings. The maximum absolute atomic E-state index is 14.6. The van der Waals surface area contributed by atoms with E-state index in [1.54, 1.807) is 29.0 Å². The zero-order chi connectivity index (χ0) is 73.0. The Balaban J connectivity index is 0.748. The Labute approximate surface area is 606 Å². The molecule has 18 nitrogen and oxygen atoms in total. The Morgan fingerprint density at radius 1 is 0.832 bits per heavy atom. The number of allylic oxidation sites excluding steroid dienone is 1. The number of anilines is 2. The Kier molecular flexibility index (Phi) is 26.5. The van der Waals surface area contributed by atoms with Gasteiger partial charge in [-0.1, -0.05) is 126 Å². The van der Waals surface area contributed by atoms with Gasteiger partial charge < -0.3 is 35.8 Å². The van der Waals surface area contributed by atoms with Gasteiger partial charge in [-0.3, -0.25) is 24.1 Å². The third kappa shape index (κ3) is 21.2. The number of β-amino-alcohol motifs (C(OH)–C–C–N with tert-alkyl or cyclic N) is 1. The van der Waals surface area contributed by atoms with Crippen molar-refractivity contribution in [3.63, 3.8) is 0 Å². The van der Waals surface area contributed by atoms with Crippen LogP contribution in [0.1, 0.15) is 145 Å². The molecule has 3 heterocycles. The van der Waals surface area contributed by atoms with Crippen molar-refractivity contribution in [1.82, 2.24) is 35.0 Å². The molecule has 9 rings (SSSR count). The summed E-state index contributed by atoms with van der Waals surface area (Å²) in [6, 6.07) is 31.0. The van der Waals surface area contributed by atoms with Crippen LogP contribution in [0, 0.1) is 17.8 Å². The third-order valence-electron chi connectivity index (χ3n) is 19.1. The molecule has 1 aromatic heterocycles. The van der Waals surface area contributed by atoms with E-state index in [1.165, 1.54) is 45.5 Å². The minimum atomic E-state index is -6.16. The smallest absolute Gasteiger partial charge is 0.391 e. The second-order valence-electron chi connectivity index (χ2n) is 28.7. The summed E-state index contributed by atoms with van der Waals surface area (Å²) in [6.07, 6.45) is 6.46. The van der Waals surface area contributed by atoms with Crippen molar-refractivity contribution in [2.45, 2.75) is 170 Å². The zero-order valence-electron chi connectivity index (χ0n) is 58.7. The summed E-state index contributed by atoms with van der Waals surface area (Å²) in [5.74, 6) is -1.90. The predicted molar refractivity (Wildman–Crippen MR) is 396 cm³/mol. The number of nitrogens with zero attached hydrogens (tertiary/aromatic N) is 5. The second kappa shape index (κ2) is 34.2. The summed E-state index contributed by atoms with van der Waals surface area (Å²) in [6.45, 7) is 18.9. The number of likely N-dealkylation sites (tertiary alicyclic amines) is 1. The van der Waals surface area contributed by atoms with Gasteiger partial charge >= 0.3 is 5.51 Å². The first-order chi connectivity index (χ1) is 47.7. The number of unbranched alkanes of at least 4 members (excludes halogenated alkanes) is 4. The number of halogens is 4. The summed E-state index contributed by atoms with van der Waals surface area (Å²) in [5.41, 5.74) is 2.64. The number of alkyl halides is 3. The van der Waals surface area contributed by atoms with Gasteiger partial charge in [0.05, 0.1) is 38.8 Å². The minimum Gasteiger partial charge on any atom is -0.391 e. The first kappa shape index (κ1) is 78.3. The number of carbonyl (C=O) groups excluding carboxylic acids is 4. The van der Waals surface area contributed by atoms with E-state index < -0.39 is 88.2 Å². The molecular formula is C75H95ClF3N9O9S4. The number of hydrogen-bond donors (Lipinski definition) is 5. The van der Waals surface area contributed by atoms with Crippen molar-refractivity contribution < 1.29 is 54.3 Å². The zero-order valence-corrected chi connectivity index (χ0v) is 62.8. The third-order valence-corrected chi connectivity index (χ3v) is 24.4. The van der Waals surface area contributed by atoms with Crippen molar-refractivity contribution in [2.75, 3.05) is 75.4 Å². The first-order valence-electron chi connectivity index (χ1n) is 34.5. The van der Waals surface area contributed by atoms with Crippen molar-refractivity contribution in [1.29, 1.82) is 0 Å². The highest BCUT2D eigenvalue weighted by Gasteiger charge is 2.49. The number of rotatable bonds is 30. The molecule has 101 heavy (non-hydrogen) atoms. The highest BCUT2D eigenvalue weighted by atomic mass is 35.5. The average molecular weight is 1490 g/mol. The molecule has 1 aliphatic carbocycles. The molecule has 0 bridgehead atoms. The number of sulfone groups is 1. The predicted octanol–water partition coefficient (Wildman–Crippen LogP) is 13.6. The largest absolute Gasteiger partial charge is 0.501 e. The Bertz CT molecular complexity index is 4090. The highest BCUT2D eigenvalue weighted by Crippen LogP contribution is 2.44. The lowest BCUT2D eigenvalue weighted by molar-refractivity contribution is -0.144. The van der Waals surface area contributed by atoms with Gasteiger partial charge in [-0.05, 0) is 172 Å². The number of hydrogen-bond acceptors (Lipinski definition) is 16. The van der Waals surface area contributed by atoms with Gasteiger partial charge in [0.1, 0.15) is 17.0 Å². The van der Waals surface area contributed by atoms with Crippen molar-refractivity contribution >= 4 is 95.1 Å². The molecule has 0 radical (unpaired) electrons. The minimum absolute atomic E-state index is 0.0324. The number of thioether (sulfide) groups is 1. The monoisotopic (exact) mass is 1490 g/mol. The highest BCUT2D eigenvalue weighted by molar-refractivity contribution is 7.99. The van der Waals surface area contributed by atoms with Crippen LogP contribution in [0.4, 0.5) is 24.5 Å². The van der Waals surface area contributed by atoms with Crippen molar-refractivity contribution in [2.24, 2.45) is 10.8 Å². The van der Waals surface area contributed by atoms with E-state index in [0.29, 0.717) is 55.9 Å². The van der Waals surface area contributed by atoms with Crippen LogP contribution in [0.25, 0.3) is 16.0 Å². The number of piperazine rings is 1. The van der Waals surface area contributed by atoms with Crippen LogP contribution in [0.15, 0.2) is 147 Å². The van der Waals surface area contributed by atoms with Crippen LogP contribution in [0.2, 0.25) is 5.02 Å². The van der Waals surface area contributed by atoms with Crippen LogP contribution in [-0.2, 0) is 34.2 Å². The van der Waals surface area contributed by atoms with Crippen LogP contribution in [0.3, 0.4) is 0 Å². The molecule has 546 valence electrons. The SMILES string of the molecule is Cc1ncsc1-c1ccc([C@H](C)NC(=O)[C@@H]2C[C@@H](O)CN2C(=O)[C@@H](NC(=O)CCCCCCCN(C)CC[C@H](CSc2ccccc2)Nc2ccc(S(=O)(=O)NC(=O)c3ccc(N4CCN(CC5=C(c6ccc(Cl)cc6)CCC(C)(C)C5)CC4)cc3)cc2S(=O)(=O)C(F)(F)F)C(C)(C)C)cc1. The quantitative estimate of drug-likeness (QED) is 0.0209. The molecular weight excluding hydrogens is 1390 g/mol. The number of aliphatic hydroxyl groups excluding tert-OH is 1. The molecule has 4 amide bonds. The van der Waals surface area contributed by atoms with E-state index in [2.05, 4.69) is 61.6 Å². The summed E-state index contributed by atoms with van der Waals surface area (Å²) >= 11 is 9.19. The van der Waals surface area contributed by atoms with E-state index in [9.17, 15) is 54.3 Å². The van der Waals surface area contributed by atoms with Gasteiger partial charge in [-0.15, -0.1) is 23.1 Å². The summed E-state index contributed by atoms with van der Waals surface area (Å²) in [7, 11) is -9.18. The van der Waals surface area contributed by atoms with E-state index >= 15 is 0 Å². The number of aromatic nitrogens is 1. The fraction of sp³-hybridized carbons (Fsp3) is 0.480. The Hall–Kier alpha value is -6.84. The molecule has 5 N–H and O–H groups in total.